The number of hydrogen-bond acceptors (Lipinski definition) is 6. The van der Waals surface area contributed by atoms with E-state index in [1.54, 1.807) is 11.8 Å². The molecule has 0 bridgehead atoms. The fourth-order valence-electron chi connectivity index (χ4n) is 2.04. The van der Waals surface area contributed by atoms with Crippen LogP contribution in [-0.4, -0.2) is 27.0 Å². The first-order valence-electron chi connectivity index (χ1n) is 6.65. The summed E-state index contributed by atoms with van der Waals surface area (Å²) < 4.78 is 11.0. The van der Waals surface area contributed by atoms with Crippen molar-refractivity contribution in [2.45, 2.75) is 30.3 Å². The summed E-state index contributed by atoms with van der Waals surface area (Å²) in [6, 6.07) is 7.84. The number of benzene rings is 1. The summed E-state index contributed by atoms with van der Waals surface area (Å²) in [5, 5.41) is 12.5. The van der Waals surface area contributed by atoms with E-state index in [4.69, 9.17) is 14.4 Å². The summed E-state index contributed by atoms with van der Waals surface area (Å²) in [6.07, 6.45) is 0.818. The molecule has 1 unspecified atom stereocenters. The average molecular weight is 306 g/mol. The zero-order valence-electron chi connectivity index (χ0n) is 11.2. The number of aliphatic carboxylic acids is 1. The van der Waals surface area contributed by atoms with Crippen molar-refractivity contribution in [1.82, 2.24) is 10.1 Å². The van der Waals surface area contributed by atoms with Gasteiger partial charge in [0.05, 0.1) is 0 Å². The van der Waals surface area contributed by atoms with Gasteiger partial charge in [-0.3, -0.25) is 4.79 Å². The van der Waals surface area contributed by atoms with Gasteiger partial charge in [-0.1, -0.05) is 17.3 Å². The van der Waals surface area contributed by atoms with E-state index >= 15 is 0 Å². The molecule has 1 atom stereocenters. The Morgan fingerprint density at radius 3 is 3.14 bits per heavy atom. The van der Waals surface area contributed by atoms with Gasteiger partial charge >= 0.3 is 5.97 Å². The molecule has 21 heavy (non-hydrogen) atoms. The summed E-state index contributed by atoms with van der Waals surface area (Å²) in [4.78, 5) is 15.9. The maximum atomic E-state index is 10.5. The van der Waals surface area contributed by atoms with Crippen molar-refractivity contribution >= 4 is 17.7 Å². The minimum atomic E-state index is -0.821. The second kappa shape index (κ2) is 6.17. The third-order valence-electron chi connectivity index (χ3n) is 3.06. The van der Waals surface area contributed by atoms with Crippen LogP contribution in [0.25, 0.3) is 0 Å². The molecule has 0 saturated heterocycles. The molecule has 0 aliphatic carbocycles. The third kappa shape index (κ3) is 3.36. The van der Waals surface area contributed by atoms with Crippen LogP contribution in [0, 0.1) is 0 Å². The van der Waals surface area contributed by atoms with Gasteiger partial charge in [-0.05, 0) is 18.6 Å². The molecule has 0 fully saturated rings. The molecule has 7 heteroatoms. The van der Waals surface area contributed by atoms with Crippen molar-refractivity contribution in [2.75, 3.05) is 5.75 Å². The SMILES string of the molecule is O=C(O)CCCc1nc(C2CSc3ccccc3O2)no1. The van der Waals surface area contributed by atoms with Crippen molar-refractivity contribution in [1.29, 1.82) is 0 Å². The second-order valence-electron chi connectivity index (χ2n) is 4.66. The topological polar surface area (TPSA) is 85.5 Å². The number of para-hydroxylation sites is 1. The predicted molar refractivity (Wildman–Crippen MR) is 75.4 cm³/mol. The second-order valence-corrected chi connectivity index (χ2v) is 5.72. The van der Waals surface area contributed by atoms with Gasteiger partial charge in [0, 0.05) is 23.5 Å². The molecule has 1 aromatic carbocycles. The molecule has 6 nitrogen and oxygen atoms in total. The summed E-state index contributed by atoms with van der Waals surface area (Å²) in [5.41, 5.74) is 0. The quantitative estimate of drug-likeness (QED) is 0.908. The standard InChI is InChI=1S/C14H14N2O4S/c17-13(18)7-3-6-12-15-14(16-20-12)10-8-21-11-5-2-1-4-9(11)19-10/h1-2,4-5,10H,3,6-8H2,(H,17,18). The highest BCUT2D eigenvalue weighted by atomic mass is 32.2. The molecule has 2 heterocycles. The van der Waals surface area contributed by atoms with Crippen LogP contribution in [0.15, 0.2) is 33.7 Å². The van der Waals surface area contributed by atoms with Crippen LogP contribution in [0.4, 0.5) is 0 Å². The molecule has 110 valence electrons. The number of aromatic nitrogens is 2. The molecular formula is C14H14N2O4S. The highest BCUT2D eigenvalue weighted by Crippen LogP contribution is 2.39. The van der Waals surface area contributed by atoms with Gasteiger partial charge in [-0.2, -0.15) is 4.98 Å². The molecule has 2 aromatic rings. The Morgan fingerprint density at radius 2 is 2.29 bits per heavy atom. The number of carboxylic acid groups (broad SMARTS) is 1. The van der Waals surface area contributed by atoms with Gasteiger partial charge in [-0.15, -0.1) is 11.8 Å². The zero-order valence-corrected chi connectivity index (χ0v) is 12.0. The molecular weight excluding hydrogens is 292 g/mol. The first-order valence-corrected chi connectivity index (χ1v) is 7.63. The van der Waals surface area contributed by atoms with Crippen molar-refractivity contribution in [3.63, 3.8) is 0 Å². The van der Waals surface area contributed by atoms with Gasteiger partial charge in [0.15, 0.2) is 6.10 Å². The van der Waals surface area contributed by atoms with E-state index in [0.29, 0.717) is 24.6 Å². The van der Waals surface area contributed by atoms with E-state index in [-0.39, 0.29) is 12.5 Å². The monoisotopic (exact) mass is 306 g/mol. The fourth-order valence-corrected chi connectivity index (χ4v) is 3.02. The van der Waals surface area contributed by atoms with E-state index in [1.807, 2.05) is 24.3 Å². The molecule has 3 rings (SSSR count). The fraction of sp³-hybridized carbons (Fsp3) is 0.357. The van der Waals surface area contributed by atoms with Gasteiger partial charge in [0.25, 0.3) is 0 Å². The van der Waals surface area contributed by atoms with Gasteiger partial charge in [0.1, 0.15) is 5.75 Å². The minimum Gasteiger partial charge on any atom is -0.481 e. The largest absolute Gasteiger partial charge is 0.481 e. The summed E-state index contributed by atoms with van der Waals surface area (Å²) >= 11 is 1.70. The Kier molecular flexibility index (Phi) is 4.10. The third-order valence-corrected chi connectivity index (χ3v) is 4.18. The Balaban J connectivity index is 1.63. The molecule has 1 aliphatic heterocycles. The van der Waals surface area contributed by atoms with E-state index in [1.165, 1.54) is 0 Å². The molecule has 1 aromatic heterocycles. The van der Waals surface area contributed by atoms with Crippen LogP contribution in [-0.2, 0) is 11.2 Å². The van der Waals surface area contributed by atoms with Crippen molar-refractivity contribution in [2.24, 2.45) is 0 Å². The smallest absolute Gasteiger partial charge is 0.303 e. The van der Waals surface area contributed by atoms with Crippen LogP contribution >= 0.6 is 11.8 Å². The number of rotatable bonds is 5. The first-order chi connectivity index (χ1) is 10.2. The van der Waals surface area contributed by atoms with Crippen molar-refractivity contribution in [3.05, 3.63) is 36.0 Å². The highest BCUT2D eigenvalue weighted by Gasteiger charge is 2.25. The average Bonchev–Trinajstić information content (AvgIpc) is 2.95. The van der Waals surface area contributed by atoms with E-state index in [0.717, 1.165) is 16.4 Å². The number of hydrogen-bond donors (Lipinski definition) is 1. The van der Waals surface area contributed by atoms with Gasteiger partial charge < -0.3 is 14.4 Å². The number of aryl methyl sites for hydroxylation is 1. The molecule has 1 aliphatic rings. The van der Waals surface area contributed by atoms with Crippen LogP contribution in [0.3, 0.4) is 0 Å². The maximum absolute atomic E-state index is 10.5. The molecule has 0 radical (unpaired) electrons. The minimum absolute atomic E-state index is 0.0981. The Morgan fingerprint density at radius 1 is 1.43 bits per heavy atom. The Hall–Kier alpha value is -2.02. The van der Waals surface area contributed by atoms with Gasteiger partial charge in [-0.25, -0.2) is 0 Å². The summed E-state index contributed by atoms with van der Waals surface area (Å²) in [7, 11) is 0. The highest BCUT2D eigenvalue weighted by molar-refractivity contribution is 7.99. The van der Waals surface area contributed by atoms with Crippen LogP contribution in [0.1, 0.15) is 30.7 Å². The summed E-state index contributed by atoms with van der Waals surface area (Å²) in [6.45, 7) is 0. The van der Waals surface area contributed by atoms with Crippen LogP contribution in [0.2, 0.25) is 0 Å². The lowest BCUT2D eigenvalue weighted by atomic mass is 10.2. The Bertz CT molecular complexity index is 643. The van der Waals surface area contributed by atoms with Crippen molar-refractivity contribution < 1.29 is 19.2 Å². The Labute approximate surface area is 125 Å². The number of thioether (sulfide) groups is 1. The van der Waals surface area contributed by atoms with E-state index in [9.17, 15) is 4.79 Å². The van der Waals surface area contributed by atoms with Crippen LogP contribution < -0.4 is 4.74 Å². The molecule has 0 amide bonds. The van der Waals surface area contributed by atoms with E-state index < -0.39 is 5.97 Å². The van der Waals surface area contributed by atoms with Gasteiger partial charge in [0.2, 0.25) is 11.7 Å². The zero-order chi connectivity index (χ0) is 14.7. The maximum Gasteiger partial charge on any atom is 0.303 e. The molecule has 1 N–H and O–H groups in total. The lowest BCUT2D eigenvalue weighted by Crippen LogP contribution is -2.16. The molecule has 0 spiro atoms. The number of carbonyl (C=O) groups is 1. The van der Waals surface area contributed by atoms with E-state index in [2.05, 4.69) is 10.1 Å². The predicted octanol–water partition coefficient (Wildman–Crippen LogP) is 2.70. The molecule has 0 saturated carbocycles. The van der Waals surface area contributed by atoms with Crippen LogP contribution in [0.5, 0.6) is 5.75 Å². The van der Waals surface area contributed by atoms with Crippen molar-refractivity contribution in [3.8, 4) is 5.75 Å². The number of ether oxygens (including phenoxy) is 1. The first kappa shape index (κ1) is 13.9. The number of nitrogens with zero attached hydrogens (tertiary/aromatic N) is 2. The normalized spacial score (nSPS) is 17.0. The lowest BCUT2D eigenvalue weighted by Gasteiger charge is -2.22. The lowest BCUT2D eigenvalue weighted by molar-refractivity contribution is -0.137. The summed E-state index contributed by atoms with van der Waals surface area (Å²) in [5.74, 6) is 1.71. The number of carboxylic acids is 1. The number of fused-ring (bicyclic) bond motifs is 1.